The Morgan fingerprint density at radius 1 is 1.00 bits per heavy atom. The molecule has 2 N–H and O–H groups in total. The first-order valence-corrected chi connectivity index (χ1v) is 5.84. The fraction of sp³-hybridized carbons (Fsp3) is 0.133. The van der Waals surface area contributed by atoms with Gasteiger partial charge in [0, 0.05) is 13.6 Å². The molecule has 18 heavy (non-hydrogen) atoms. The van der Waals surface area contributed by atoms with Crippen molar-refractivity contribution in [3.05, 3.63) is 59.7 Å². The molecule has 2 aromatic carbocycles. The van der Waals surface area contributed by atoms with Crippen LogP contribution in [0.3, 0.4) is 0 Å². The summed E-state index contributed by atoms with van der Waals surface area (Å²) in [7, 11) is 1.82. The SMILES string of the molecule is CNc1cccc(NCc2ccccc2)c1C#N. The van der Waals surface area contributed by atoms with Crippen LogP contribution in [-0.2, 0) is 6.54 Å². The number of benzene rings is 2. The maximum Gasteiger partial charge on any atom is 0.104 e. The number of nitriles is 1. The lowest BCUT2D eigenvalue weighted by molar-refractivity contribution is 1.15. The quantitative estimate of drug-likeness (QED) is 0.858. The van der Waals surface area contributed by atoms with Crippen molar-refractivity contribution in [1.29, 1.82) is 5.26 Å². The van der Waals surface area contributed by atoms with E-state index in [1.807, 2.05) is 43.4 Å². The molecule has 0 aliphatic rings. The first-order chi connectivity index (χ1) is 8.85. The van der Waals surface area contributed by atoms with Gasteiger partial charge in [-0.05, 0) is 17.7 Å². The van der Waals surface area contributed by atoms with Crippen LogP contribution in [0.2, 0.25) is 0 Å². The Morgan fingerprint density at radius 3 is 2.39 bits per heavy atom. The average Bonchev–Trinajstić information content (AvgIpc) is 2.45. The van der Waals surface area contributed by atoms with Gasteiger partial charge in [0.05, 0.1) is 16.9 Å². The summed E-state index contributed by atoms with van der Waals surface area (Å²) in [6.45, 7) is 0.711. The first kappa shape index (κ1) is 12.0. The van der Waals surface area contributed by atoms with Gasteiger partial charge in [0.25, 0.3) is 0 Å². The number of nitrogens with zero attached hydrogens (tertiary/aromatic N) is 1. The molecule has 0 aliphatic heterocycles. The van der Waals surface area contributed by atoms with E-state index in [0.717, 1.165) is 11.4 Å². The van der Waals surface area contributed by atoms with E-state index in [9.17, 15) is 5.26 Å². The van der Waals surface area contributed by atoms with E-state index in [1.165, 1.54) is 5.56 Å². The molecule has 0 fully saturated rings. The largest absolute Gasteiger partial charge is 0.387 e. The fourth-order valence-electron chi connectivity index (χ4n) is 1.82. The van der Waals surface area contributed by atoms with Crippen LogP contribution in [0.25, 0.3) is 0 Å². The second-order valence-electron chi connectivity index (χ2n) is 3.93. The first-order valence-electron chi connectivity index (χ1n) is 5.84. The molecule has 0 saturated heterocycles. The topological polar surface area (TPSA) is 47.8 Å². The minimum atomic E-state index is 0.649. The third kappa shape index (κ3) is 2.61. The third-order valence-electron chi connectivity index (χ3n) is 2.77. The Kier molecular flexibility index (Phi) is 3.83. The standard InChI is InChI=1S/C15H15N3/c1-17-14-8-5-9-15(13(14)10-16)18-11-12-6-3-2-4-7-12/h2-9,17-18H,11H2,1H3. The van der Waals surface area contributed by atoms with E-state index < -0.39 is 0 Å². The highest BCUT2D eigenvalue weighted by Gasteiger charge is 2.05. The van der Waals surface area contributed by atoms with Crippen LogP contribution in [-0.4, -0.2) is 7.05 Å². The minimum absolute atomic E-state index is 0.649. The van der Waals surface area contributed by atoms with Gasteiger partial charge >= 0.3 is 0 Å². The van der Waals surface area contributed by atoms with Crippen LogP contribution in [0.5, 0.6) is 0 Å². The molecule has 0 radical (unpaired) electrons. The molecular weight excluding hydrogens is 222 g/mol. The Hall–Kier alpha value is -2.47. The van der Waals surface area contributed by atoms with Gasteiger partial charge in [-0.25, -0.2) is 0 Å². The van der Waals surface area contributed by atoms with Gasteiger partial charge in [-0.1, -0.05) is 36.4 Å². The molecule has 3 nitrogen and oxygen atoms in total. The Bertz CT molecular complexity index is 556. The van der Waals surface area contributed by atoms with Gasteiger partial charge in [0.15, 0.2) is 0 Å². The molecule has 0 heterocycles. The fourth-order valence-corrected chi connectivity index (χ4v) is 1.82. The summed E-state index contributed by atoms with van der Waals surface area (Å²) in [5.74, 6) is 0. The molecule has 2 rings (SSSR count). The van der Waals surface area contributed by atoms with E-state index in [0.29, 0.717) is 12.1 Å². The number of hydrogen-bond donors (Lipinski definition) is 2. The second-order valence-corrected chi connectivity index (χ2v) is 3.93. The van der Waals surface area contributed by atoms with Gasteiger partial charge in [0.2, 0.25) is 0 Å². The normalized spacial score (nSPS) is 9.56. The molecule has 0 unspecified atom stereocenters. The zero-order valence-corrected chi connectivity index (χ0v) is 10.3. The minimum Gasteiger partial charge on any atom is -0.387 e. The van der Waals surface area contributed by atoms with Crippen LogP contribution in [0.15, 0.2) is 48.5 Å². The molecule has 0 spiro atoms. The molecule has 0 saturated carbocycles. The van der Waals surface area contributed by atoms with Crippen LogP contribution < -0.4 is 10.6 Å². The second kappa shape index (κ2) is 5.74. The average molecular weight is 237 g/mol. The number of hydrogen-bond acceptors (Lipinski definition) is 3. The van der Waals surface area contributed by atoms with Crippen LogP contribution in [0.4, 0.5) is 11.4 Å². The summed E-state index contributed by atoms with van der Waals surface area (Å²) >= 11 is 0. The lowest BCUT2D eigenvalue weighted by Gasteiger charge is -2.11. The van der Waals surface area contributed by atoms with E-state index >= 15 is 0 Å². The lowest BCUT2D eigenvalue weighted by atomic mass is 10.1. The molecule has 3 heteroatoms. The molecule has 0 aliphatic carbocycles. The molecular formula is C15H15N3. The van der Waals surface area contributed by atoms with Crippen molar-refractivity contribution in [3.8, 4) is 6.07 Å². The number of anilines is 2. The van der Waals surface area contributed by atoms with E-state index in [2.05, 4.69) is 28.8 Å². The smallest absolute Gasteiger partial charge is 0.104 e. The highest BCUT2D eigenvalue weighted by atomic mass is 14.9. The van der Waals surface area contributed by atoms with Crippen LogP contribution in [0, 0.1) is 11.3 Å². The van der Waals surface area contributed by atoms with Crippen molar-refractivity contribution in [2.24, 2.45) is 0 Å². The highest BCUT2D eigenvalue weighted by Crippen LogP contribution is 2.23. The van der Waals surface area contributed by atoms with Crippen molar-refractivity contribution >= 4 is 11.4 Å². The predicted octanol–water partition coefficient (Wildman–Crippen LogP) is 3.21. The maximum absolute atomic E-state index is 9.20. The van der Waals surface area contributed by atoms with Crippen molar-refractivity contribution in [2.75, 3.05) is 17.7 Å². The summed E-state index contributed by atoms with van der Waals surface area (Å²) < 4.78 is 0. The maximum atomic E-state index is 9.20. The van der Waals surface area contributed by atoms with Crippen molar-refractivity contribution in [1.82, 2.24) is 0 Å². The van der Waals surface area contributed by atoms with E-state index in [-0.39, 0.29) is 0 Å². The van der Waals surface area contributed by atoms with E-state index in [4.69, 9.17) is 0 Å². The summed E-state index contributed by atoms with van der Waals surface area (Å²) in [6, 6.07) is 18.1. The van der Waals surface area contributed by atoms with Gasteiger partial charge in [0.1, 0.15) is 6.07 Å². The number of rotatable bonds is 4. The van der Waals surface area contributed by atoms with Crippen LogP contribution >= 0.6 is 0 Å². The molecule has 0 atom stereocenters. The third-order valence-corrected chi connectivity index (χ3v) is 2.77. The number of nitrogens with one attached hydrogen (secondary N) is 2. The zero-order valence-electron chi connectivity index (χ0n) is 10.3. The molecule has 90 valence electrons. The summed E-state index contributed by atoms with van der Waals surface area (Å²) in [4.78, 5) is 0. The van der Waals surface area contributed by atoms with Gasteiger partial charge in [-0.3, -0.25) is 0 Å². The molecule has 0 aromatic heterocycles. The monoisotopic (exact) mass is 237 g/mol. The van der Waals surface area contributed by atoms with Crippen molar-refractivity contribution in [3.63, 3.8) is 0 Å². The predicted molar refractivity (Wildman–Crippen MR) is 74.5 cm³/mol. The zero-order chi connectivity index (χ0) is 12.8. The Morgan fingerprint density at radius 2 is 1.72 bits per heavy atom. The molecule has 0 bridgehead atoms. The summed E-state index contributed by atoms with van der Waals surface area (Å²) in [5, 5.41) is 15.5. The van der Waals surface area contributed by atoms with Crippen molar-refractivity contribution in [2.45, 2.75) is 6.54 Å². The highest BCUT2D eigenvalue weighted by molar-refractivity contribution is 5.70. The van der Waals surface area contributed by atoms with Crippen LogP contribution in [0.1, 0.15) is 11.1 Å². The summed E-state index contributed by atoms with van der Waals surface area (Å²) in [5.41, 5.74) is 3.54. The lowest BCUT2D eigenvalue weighted by Crippen LogP contribution is -2.03. The Balaban J connectivity index is 2.17. The van der Waals surface area contributed by atoms with Gasteiger partial charge in [-0.15, -0.1) is 0 Å². The Labute approximate surface area is 107 Å². The summed E-state index contributed by atoms with van der Waals surface area (Å²) in [6.07, 6.45) is 0. The van der Waals surface area contributed by atoms with Gasteiger partial charge in [-0.2, -0.15) is 5.26 Å². The molecule has 2 aromatic rings. The molecule has 0 amide bonds. The van der Waals surface area contributed by atoms with E-state index in [1.54, 1.807) is 0 Å². The van der Waals surface area contributed by atoms with Gasteiger partial charge < -0.3 is 10.6 Å². The van der Waals surface area contributed by atoms with Crippen molar-refractivity contribution < 1.29 is 0 Å².